The lowest BCUT2D eigenvalue weighted by Crippen LogP contribution is -2.46. The standard InChI is InChI=1S/C52H68N8O6/c1-51(2,3)65-49(63)55-38-22-17-35(18-23-38)47(61)59-27-7-8-43(59)45-53-29-41(57-45)33-13-9-31(10-14-33)32-11-15-34(16-12-32)42-30-54-46(58-42)44-37-21-26-40(28-37)60(44)48(62)36-19-24-39(25-20-36)56-50(64)66-52(4,5)6/h9-16,29-30,35-40,43-44H,7-8,17-28H2,1-6H3,(H,53,57)(H,54,58)(H,55,63)(H,56,64)/t35?,36?,37-,38?,39?,40-,43-,44+/m0/s1. The first-order valence-electron chi connectivity index (χ1n) is 24.5. The second-order valence-corrected chi connectivity index (χ2v) is 21.5. The van der Waals surface area contributed by atoms with E-state index in [4.69, 9.17) is 19.4 Å². The predicted octanol–water partition coefficient (Wildman–Crippen LogP) is 10.0. The number of amides is 4. The summed E-state index contributed by atoms with van der Waals surface area (Å²) in [6, 6.07) is 17.2. The van der Waals surface area contributed by atoms with E-state index in [1.807, 2.05) is 58.8 Å². The number of aromatic amines is 2. The summed E-state index contributed by atoms with van der Waals surface area (Å²) in [5.74, 6) is 2.43. The van der Waals surface area contributed by atoms with E-state index < -0.39 is 17.3 Å². The molecule has 14 heteroatoms. The Morgan fingerprint density at radius 2 is 1.06 bits per heavy atom. The van der Waals surface area contributed by atoms with Crippen molar-refractivity contribution in [3.8, 4) is 33.6 Å². The highest BCUT2D eigenvalue weighted by Gasteiger charge is 2.51. The first-order valence-corrected chi connectivity index (χ1v) is 24.5. The fourth-order valence-electron chi connectivity index (χ4n) is 11.3. The van der Waals surface area contributed by atoms with Crippen LogP contribution in [0.2, 0.25) is 0 Å². The number of H-pyrrole nitrogens is 2. The lowest BCUT2D eigenvalue weighted by Gasteiger charge is -2.38. The van der Waals surface area contributed by atoms with Crippen molar-refractivity contribution >= 4 is 24.0 Å². The van der Waals surface area contributed by atoms with Crippen molar-refractivity contribution in [2.45, 2.75) is 166 Å². The summed E-state index contributed by atoms with van der Waals surface area (Å²) >= 11 is 0. The normalized spacial score (nSPS) is 26.6. The lowest BCUT2D eigenvalue weighted by atomic mass is 9.84. The summed E-state index contributed by atoms with van der Waals surface area (Å²) in [6.07, 6.45) is 14.1. The smallest absolute Gasteiger partial charge is 0.407 e. The quantitative estimate of drug-likeness (QED) is 0.128. The third-order valence-corrected chi connectivity index (χ3v) is 14.5. The van der Waals surface area contributed by atoms with Crippen LogP contribution in [-0.4, -0.2) is 89.6 Å². The summed E-state index contributed by atoms with van der Waals surface area (Å²) in [5, 5.41) is 6.00. The summed E-state index contributed by atoms with van der Waals surface area (Å²) in [4.78, 5) is 73.7. The van der Waals surface area contributed by atoms with Gasteiger partial charge in [0, 0.05) is 36.5 Å². The van der Waals surface area contributed by atoms with Gasteiger partial charge in [-0.2, -0.15) is 0 Å². The maximum atomic E-state index is 14.2. The number of aromatic nitrogens is 4. The molecule has 0 spiro atoms. The molecule has 4 heterocycles. The van der Waals surface area contributed by atoms with E-state index in [9.17, 15) is 19.2 Å². The van der Waals surface area contributed by atoms with Crippen LogP contribution in [0.1, 0.15) is 149 Å². The Morgan fingerprint density at radius 3 is 1.58 bits per heavy atom. The van der Waals surface area contributed by atoms with Crippen LogP contribution in [0.3, 0.4) is 0 Å². The van der Waals surface area contributed by atoms with E-state index in [0.717, 1.165) is 135 Å². The number of benzene rings is 2. The number of hydrogen-bond donors (Lipinski definition) is 4. The molecule has 5 aliphatic rings. The molecule has 9 rings (SSSR count). The van der Waals surface area contributed by atoms with Gasteiger partial charge in [0.05, 0.1) is 35.9 Å². The van der Waals surface area contributed by atoms with E-state index in [-0.39, 0.29) is 60.0 Å². The van der Waals surface area contributed by atoms with Crippen molar-refractivity contribution < 1.29 is 28.7 Å². The zero-order valence-corrected chi connectivity index (χ0v) is 39.5. The van der Waals surface area contributed by atoms with E-state index in [1.165, 1.54) is 0 Å². The van der Waals surface area contributed by atoms with E-state index in [1.54, 1.807) is 0 Å². The maximum Gasteiger partial charge on any atom is 0.407 e. The number of carbonyl (C=O) groups is 4. The van der Waals surface area contributed by atoms with Crippen molar-refractivity contribution in [1.82, 2.24) is 40.4 Å². The molecule has 2 saturated heterocycles. The van der Waals surface area contributed by atoms with E-state index in [2.05, 4.69) is 74.0 Å². The number of fused-ring (bicyclic) bond motifs is 2. The molecule has 2 aromatic heterocycles. The zero-order chi connectivity index (χ0) is 46.3. The van der Waals surface area contributed by atoms with Gasteiger partial charge in [-0.15, -0.1) is 0 Å². The predicted molar refractivity (Wildman–Crippen MR) is 252 cm³/mol. The first kappa shape index (κ1) is 45.5. The van der Waals surface area contributed by atoms with Gasteiger partial charge >= 0.3 is 12.2 Å². The van der Waals surface area contributed by atoms with Gasteiger partial charge in [-0.05, 0) is 153 Å². The van der Waals surface area contributed by atoms with Crippen molar-refractivity contribution in [1.29, 1.82) is 0 Å². The van der Waals surface area contributed by atoms with Gasteiger partial charge in [-0.25, -0.2) is 19.6 Å². The average Bonchev–Trinajstić information content (AvgIpc) is 4.14. The summed E-state index contributed by atoms with van der Waals surface area (Å²) < 4.78 is 10.9. The van der Waals surface area contributed by atoms with Crippen LogP contribution in [0, 0.1) is 17.8 Å². The Hall–Kier alpha value is -5.66. The van der Waals surface area contributed by atoms with E-state index >= 15 is 0 Å². The first-order chi connectivity index (χ1) is 31.5. The number of carbonyl (C=O) groups excluding carboxylic acids is 4. The molecule has 3 aliphatic carbocycles. The van der Waals surface area contributed by atoms with Crippen LogP contribution >= 0.6 is 0 Å². The van der Waals surface area contributed by atoms with Crippen molar-refractivity contribution in [3.05, 3.63) is 72.6 Å². The van der Waals surface area contributed by atoms with Crippen LogP contribution in [0.15, 0.2) is 60.9 Å². The molecule has 352 valence electrons. The molecule has 2 aromatic carbocycles. The van der Waals surface area contributed by atoms with Crippen molar-refractivity contribution in [2.75, 3.05) is 6.54 Å². The van der Waals surface area contributed by atoms with Crippen LogP contribution < -0.4 is 10.6 Å². The molecule has 2 bridgehead atoms. The Morgan fingerprint density at radius 1 is 0.591 bits per heavy atom. The minimum Gasteiger partial charge on any atom is -0.444 e. The Labute approximate surface area is 388 Å². The number of alkyl carbamates (subject to hydrolysis) is 2. The van der Waals surface area contributed by atoms with Gasteiger partial charge in [-0.3, -0.25) is 9.59 Å². The number of nitrogens with one attached hydrogen (secondary N) is 4. The largest absolute Gasteiger partial charge is 0.444 e. The number of piperidine rings is 1. The van der Waals surface area contributed by atoms with Gasteiger partial charge in [-0.1, -0.05) is 48.5 Å². The SMILES string of the molecule is CC(C)(C)OC(=O)NC1CCC(C(=O)N2CCC[C@H]2c2ncc(-c3ccc(-c4ccc(-c5cnc([C@H]6[C@H]7CC[C@@H](C7)N6C(=O)C6CCC(NC(=O)OC(C)(C)C)CC6)[nH]5)cc4)cc3)[nH]2)CC1. The molecule has 5 fully saturated rings. The molecule has 66 heavy (non-hydrogen) atoms. The average molecular weight is 901 g/mol. The summed E-state index contributed by atoms with van der Waals surface area (Å²) in [5.41, 5.74) is 5.05. The number of nitrogens with zero attached hydrogens (tertiary/aromatic N) is 4. The Bertz CT molecular complexity index is 2360. The Balaban J connectivity index is 0.787. The molecule has 4 N–H and O–H groups in total. The minimum absolute atomic E-state index is 0.0261. The highest BCUT2D eigenvalue weighted by atomic mass is 16.6. The van der Waals surface area contributed by atoms with Gasteiger partial charge in [0.1, 0.15) is 22.9 Å². The highest BCUT2D eigenvalue weighted by Crippen LogP contribution is 2.51. The molecule has 0 unspecified atom stereocenters. The highest BCUT2D eigenvalue weighted by molar-refractivity contribution is 5.81. The minimum atomic E-state index is -0.543. The maximum absolute atomic E-state index is 14.2. The molecule has 4 atom stereocenters. The molecule has 4 aromatic rings. The molecule has 0 radical (unpaired) electrons. The molecule has 4 amide bonds. The van der Waals surface area contributed by atoms with Gasteiger partial charge in [0.25, 0.3) is 0 Å². The molecule has 3 saturated carbocycles. The number of ether oxygens (including phenoxy) is 2. The fraction of sp³-hybridized carbons (Fsp3) is 0.577. The van der Waals surface area contributed by atoms with Gasteiger partial charge in [0.2, 0.25) is 11.8 Å². The summed E-state index contributed by atoms with van der Waals surface area (Å²) in [6.45, 7) is 11.9. The topological polar surface area (TPSA) is 175 Å². The lowest BCUT2D eigenvalue weighted by molar-refractivity contribution is -0.141. The fourth-order valence-corrected chi connectivity index (χ4v) is 11.3. The third kappa shape index (κ3) is 10.2. The molecule has 14 nitrogen and oxygen atoms in total. The van der Waals surface area contributed by atoms with Crippen LogP contribution in [0.4, 0.5) is 9.59 Å². The number of rotatable bonds is 9. The zero-order valence-electron chi connectivity index (χ0n) is 39.5. The second-order valence-electron chi connectivity index (χ2n) is 21.5. The Kier molecular flexibility index (Phi) is 12.8. The van der Waals surface area contributed by atoms with Crippen molar-refractivity contribution in [2.24, 2.45) is 17.8 Å². The monoisotopic (exact) mass is 901 g/mol. The van der Waals surface area contributed by atoms with Gasteiger partial charge in [0.15, 0.2) is 0 Å². The number of likely N-dealkylation sites (tertiary alicyclic amines) is 2. The number of imidazole rings is 2. The number of hydrogen-bond acceptors (Lipinski definition) is 8. The molecular formula is C52H68N8O6. The van der Waals surface area contributed by atoms with Crippen molar-refractivity contribution in [3.63, 3.8) is 0 Å². The third-order valence-electron chi connectivity index (χ3n) is 14.5. The van der Waals surface area contributed by atoms with Gasteiger partial charge < -0.3 is 39.9 Å². The summed E-state index contributed by atoms with van der Waals surface area (Å²) in [7, 11) is 0. The van der Waals surface area contributed by atoms with Crippen LogP contribution in [0.5, 0.6) is 0 Å². The van der Waals surface area contributed by atoms with Crippen LogP contribution in [-0.2, 0) is 19.1 Å². The molecule has 2 aliphatic heterocycles. The second kappa shape index (κ2) is 18.6. The molecular weight excluding hydrogens is 833 g/mol. The van der Waals surface area contributed by atoms with Crippen LogP contribution in [0.25, 0.3) is 33.6 Å². The van der Waals surface area contributed by atoms with E-state index in [0.29, 0.717) is 5.92 Å².